The minimum Gasteiger partial charge on any atom is -0.483 e. The lowest BCUT2D eigenvalue weighted by atomic mass is 9.91. The quantitative estimate of drug-likeness (QED) is 0.183. The highest BCUT2D eigenvalue weighted by Gasteiger charge is 2.45. The molecule has 1 aliphatic carbocycles. The number of aryl methyl sites for hydroxylation is 2. The number of hydrogen-bond donors (Lipinski definition) is 1. The molecule has 1 saturated carbocycles. The Hall–Kier alpha value is -4.52. The van der Waals surface area contributed by atoms with Crippen molar-refractivity contribution >= 4 is 44.4 Å². The molecule has 0 bridgehead atoms. The molecular formula is C32H30F3N5O4S. The number of rotatable bonds is 8. The third-order valence-electron chi connectivity index (χ3n) is 7.47. The van der Waals surface area contributed by atoms with Gasteiger partial charge in [-0.3, -0.25) is 10.3 Å². The van der Waals surface area contributed by atoms with Crippen LogP contribution in [-0.4, -0.2) is 51.3 Å². The van der Waals surface area contributed by atoms with Gasteiger partial charge in [0.2, 0.25) is 5.88 Å². The summed E-state index contributed by atoms with van der Waals surface area (Å²) in [5.41, 5.74) is 4.52. The Balaban J connectivity index is 1.24. The van der Waals surface area contributed by atoms with Crippen LogP contribution < -0.4 is 14.8 Å². The van der Waals surface area contributed by atoms with Crippen molar-refractivity contribution in [2.45, 2.75) is 64.1 Å². The molecule has 234 valence electrons. The van der Waals surface area contributed by atoms with Crippen LogP contribution in [0.25, 0.3) is 31.8 Å². The van der Waals surface area contributed by atoms with Crippen LogP contribution in [0.5, 0.6) is 11.6 Å². The van der Waals surface area contributed by atoms with E-state index >= 15 is 4.39 Å². The Bertz CT molecular complexity index is 1870. The zero-order chi connectivity index (χ0) is 31.7. The lowest BCUT2D eigenvalue weighted by Gasteiger charge is -2.35. The summed E-state index contributed by atoms with van der Waals surface area (Å²) in [6.07, 6.45) is 0.231. The molecule has 13 heteroatoms. The number of fused-ring (bicyclic) bond motifs is 2. The van der Waals surface area contributed by atoms with Crippen molar-refractivity contribution in [2.75, 3.05) is 12.4 Å². The Kier molecular flexibility index (Phi) is 8.45. The Labute approximate surface area is 260 Å². The predicted molar refractivity (Wildman–Crippen MR) is 165 cm³/mol. The maximum Gasteiger partial charge on any atom is 0.412 e. The van der Waals surface area contributed by atoms with E-state index in [0.717, 1.165) is 24.1 Å². The van der Waals surface area contributed by atoms with Crippen molar-refractivity contribution in [3.63, 3.8) is 0 Å². The number of pyridine rings is 1. The van der Waals surface area contributed by atoms with Crippen LogP contribution in [0.2, 0.25) is 0 Å². The second-order valence-corrected chi connectivity index (χ2v) is 12.0. The molecular weight excluding hydrogens is 607 g/mol. The van der Waals surface area contributed by atoms with E-state index in [4.69, 9.17) is 14.2 Å². The topological polar surface area (TPSA) is 108 Å². The number of hydrogen-bond acceptors (Lipinski definition) is 9. The number of carbonyl (C=O) groups excluding carboxylic acids is 1. The number of amides is 1. The highest BCUT2D eigenvalue weighted by Crippen LogP contribution is 2.40. The number of nitrogens with zero attached hydrogens (tertiary/aromatic N) is 4. The average Bonchev–Trinajstić information content (AvgIpc) is 3.41. The average molecular weight is 638 g/mol. The molecule has 6 rings (SSSR count). The van der Waals surface area contributed by atoms with Gasteiger partial charge in [-0.15, -0.1) is 11.3 Å². The number of aromatic nitrogens is 4. The van der Waals surface area contributed by atoms with Crippen molar-refractivity contribution in [2.24, 2.45) is 0 Å². The fourth-order valence-corrected chi connectivity index (χ4v) is 6.31. The van der Waals surface area contributed by atoms with Crippen molar-refractivity contribution in [3.05, 3.63) is 65.9 Å². The minimum absolute atomic E-state index is 0.153. The van der Waals surface area contributed by atoms with Gasteiger partial charge in [-0.2, -0.15) is 0 Å². The van der Waals surface area contributed by atoms with Gasteiger partial charge in [0.15, 0.2) is 11.6 Å². The van der Waals surface area contributed by atoms with Gasteiger partial charge in [-0.05, 0) is 49.6 Å². The van der Waals surface area contributed by atoms with Crippen LogP contribution >= 0.6 is 11.3 Å². The molecule has 0 unspecified atom stereocenters. The first-order chi connectivity index (χ1) is 21.6. The van der Waals surface area contributed by atoms with Crippen LogP contribution in [0.15, 0.2) is 48.8 Å². The Morgan fingerprint density at radius 1 is 1.09 bits per heavy atom. The van der Waals surface area contributed by atoms with Crippen molar-refractivity contribution in [3.8, 4) is 22.2 Å². The summed E-state index contributed by atoms with van der Waals surface area (Å²) >= 11 is 1.28. The molecule has 2 atom stereocenters. The molecule has 9 nitrogen and oxygen atoms in total. The molecule has 2 aromatic carbocycles. The third-order valence-corrected chi connectivity index (χ3v) is 8.53. The Morgan fingerprint density at radius 2 is 1.93 bits per heavy atom. The van der Waals surface area contributed by atoms with Gasteiger partial charge >= 0.3 is 6.09 Å². The molecule has 1 aliphatic rings. The van der Waals surface area contributed by atoms with E-state index in [1.165, 1.54) is 43.0 Å². The second kappa shape index (κ2) is 12.5. The number of carbonyl (C=O) groups is 1. The summed E-state index contributed by atoms with van der Waals surface area (Å²) in [6.45, 7) is 3.96. The van der Waals surface area contributed by atoms with Crippen LogP contribution in [0, 0.1) is 12.7 Å². The smallest absolute Gasteiger partial charge is 0.412 e. The van der Waals surface area contributed by atoms with E-state index < -0.39 is 42.9 Å². The number of methoxy groups -OCH3 is 1. The first-order valence-electron chi connectivity index (χ1n) is 14.5. The van der Waals surface area contributed by atoms with E-state index in [9.17, 15) is 13.6 Å². The summed E-state index contributed by atoms with van der Waals surface area (Å²) in [7, 11) is 1.51. The number of thiazole rings is 1. The number of alkyl halides is 2. The van der Waals surface area contributed by atoms with E-state index in [1.54, 1.807) is 12.1 Å². The first-order valence-corrected chi connectivity index (χ1v) is 15.3. The lowest BCUT2D eigenvalue weighted by Crippen LogP contribution is -2.45. The lowest BCUT2D eigenvalue weighted by molar-refractivity contribution is -0.114. The first kappa shape index (κ1) is 30.5. The number of anilines is 1. The highest BCUT2D eigenvalue weighted by molar-refractivity contribution is 7.21. The molecule has 3 heterocycles. The predicted octanol–water partition coefficient (Wildman–Crippen LogP) is 7.89. The molecule has 0 saturated heterocycles. The van der Waals surface area contributed by atoms with Gasteiger partial charge in [0.1, 0.15) is 17.2 Å². The van der Waals surface area contributed by atoms with E-state index in [2.05, 4.69) is 25.3 Å². The molecule has 3 aromatic heterocycles. The molecule has 1 N–H and O–H groups in total. The van der Waals surface area contributed by atoms with Crippen LogP contribution in [0.3, 0.4) is 0 Å². The summed E-state index contributed by atoms with van der Waals surface area (Å²) in [6, 6.07) is 9.93. The number of benzene rings is 2. The Morgan fingerprint density at radius 3 is 2.69 bits per heavy atom. The van der Waals surface area contributed by atoms with Gasteiger partial charge in [0.05, 0.1) is 52.9 Å². The molecule has 45 heavy (non-hydrogen) atoms. The minimum atomic E-state index is -3.06. The molecule has 1 fully saturated rings. The standard InChI is InChI=1S/C32H30F3N5O4S/c1-4-5-18-6-7-19(15-36-18)38-31(41)44-24-8-9-32(34,35)14-26(24)43-25-13-27-22(12-21(25)33)40-30(45-27)20-10-17(2)11-23-29(20)37-16-28(39-23)42-3/h6-7,10-13,15-16,24,26H,4-5,8-9,14H2,1-3H3,(H,38,41)/t24-,26+/m1/s1. The maximum absolute atomic E-state index is 15.3. The summed E-state index contributed by atoms with van der Waals surface area (Å²) in [5, 5.41) is 3.15. The second-order valence-electron chi connectivity index (χ2n) is 11.0. The maximum atomic E-state index is 15.3. The summed E-state index contributed by atoms with van der Waals surface area (Å²) in [5.74, 6) is -3.69. The van der Waals surface area contributed by atoms with Gasteiger partial charge in [-0.1, -0.05) is 13.3 Å². The van der Waals surface area contributed by atoms with Crippen molar-refractivity contribution in [1.29, 1.82) is 0 Å². The molecule has 0 spiro atoms. The largest absolute Gasteiger partial charge is 0.483 e. The highest BCUT2D eigenvalue weighted by atomic mass is 32.1. The van der Waals surface area contributed by atoms with Crippen LogP contribution in [0.4, 0.5) is 23.7 Å². The third kappa shape index (κ3) is 6.77. The summed E-state index contributed by atoms with van der Waals surface area (Å²) < 4.78 is 61.5. The summed E-state index contributed by atoms with van der Waals surface area (Å²) in [4.78, 5) is 30.6. The number of halogens is 3. The monoisotopic (exact) mass is 637 g/mol. The van der Waals surface area contributed by atoms with Crippen molar-refractivity contribution < 1.29 is 32.2 Å². The molecule has 5 aromatic rings. The van der Waals surface area contributed by atoms with E-state index in [0.29, 0.717) is 43.4 Å². The molecule has 0 radical (unpaired) electrons. The van der Waals surface area contributed by atoms with Crippen LogP contribution in [-0.2, 0) is 11.2 Å². The van der Waals surface area contributed by atoms with Gasteiger partial charge in [-0.25, -0.2) is 32.9 Å². The van der Waals surface area contributed by atoms with Gasteiger partial charge in [0, 0.05) is 29.8 Å². The van der Waals surface area contributed by atoms with Crippen molar-refractivity contribution in [1.82, 2.24) is 19.9 Å². The van der Waals surface area contributed by atoms with Crippen LogP contribution in [0.1, 0.15) is 43.9 Å². The number of ether oxygens (including phenoxy) is 3. The normalized spacial score (nSPS) is 17.7. The molecule has 1 amide bonds. The van der Waals surface area contributed by atoms with E-state index in [-0.39, 0.29) is 12.2 Å². The van der Waals surface area contributed by atoms with Gasteiger partial charge < -0.3 is 14.2 Å². The number of nitrogens with one attached hydrogen (secondary N) is 1. The van der Waals surface area contributed by atoms with E-state index in [1.807, 2.05) is 26.0 Å². The molecule has 0 aliphatic heterocycles. The fraction of sp³-hybridized carbons (Fsp3) is 0.344. The fourth-order valence-electron chi connectivity index (χ4n) is 5.31. The zero-order valence-electron chi connectivity index (χ0n) is 24.8. The van der Waals surface area contributed by atoms with Gasteiger partial charge in [0.25, 0.3) is 5.92 Å². The zero-order valence-corrected chi connectivity index (χ0v) is 25.6. The SMILES string of the molecule is CCCc1ccc(NC(=O)O[C@@H]2CCC(F)(F)C[C@@H]2Oc2cc3sc(-c4cc(C)cc5nc(OC)cnc45)nc3cc2F)cn1.